The molecule has 0 unspecified atom stereocenters. The van der Waals surface area contributed by atoms with Crippen LogP contribution in [0.4, 0.5) is 11.4 Å². The lowest BCUT2D eigenvalue weighted by Crippen LogP contribution is -2.35. The minimum absolute atomic E-state index is 0.0587. The van der Waals surface area contributed by atoms with Gasteiger partial charge in [-0.3, -0.25) is 4.79 Å². The van der Waals surface area contributed by atoms with Crippen LogP contribution in [0.15, 0.2) is 42.5 Å². The molecule has 0 saturated heterocycles. The number of nitrogens with two attached hydrogens (primary N) is 1. The highest BCUT2D eigenvalue weighted by atomic mass is 16.3. The molecule has 1 aliphatic rings. The first-order valence-corrected chi connectivity index (χ1v) is 6.65. The summed E-state index contributed by atoms with van der Waals surface area (Å²) >= 11 is 0. The zero-order valence-electron chi connectivity index (χ0n) is 11.0. The molecule has 4 nitrogen and oxygen atoms in total. The maximum Gasteiger partial charge on any atom is 0.258 e. The fraction of sp³-hybridized carbons (Fsp3) is 0.188. The predicted octanol–water partition coefficient (Wildman–Crippen LogP) is 2.57. The lowest BCUT2D eigenvalue weighted by atomic mass is 9.99. The molecular weight excluding hydrogens is 252 g/mol. The van der Waals surface area contributed by atoms with Crippen LogP contribution in [0.3, 0.4) is 0 Å². The highest BCUT2D eigenvalue weighted by Crippen LogP contribution is 2.32. The largest absolute Gasteiger partial charge is 0.508 e. The number of amides is 1. The van der Waals surface area contributed by atoms with E-state index in [1.54, 1.807) is 17.0 Å². The topological polar surface area (TPSA) is 66.6 Å². The second-order valence-electron chi connectivity index (χ2n) is 4.95. The highest BCUT2D eigenvalue weighted by molar-refractivity contribution is 6.07. The summed E-state index contributed by atoms with van der Waals surface area (Å²) in [4.78, 5) is 14.4. The van der Waals surface area contributed by atoms with Crippen molar-refractivity contribution in [2.24, 2.45) is 0 Å². The Balaban J connectivity index is 1.98. The molecule has 0 atom stereocenters. The van der Waals surface area contributed by atoms with E-state index in [9.17, 15) is 9.90 Å². The molecule has 3 rings (SSSR count). The van der Waals surface area contributed by atoms with Gasteiger partial charge < -0.3 is 15.7 Å². The first-order chi connectivity index (χ1) is 9.66. The maximum absolute atomic E-state index is 12.6. The number of hydrogen-bond acceptors (Lipinski definition) is 3. The van der Waals surface area contributed by atoms with Gasteiger partial charge in [0, 0.05) is 23.5 Å². The molecule has 3 N–H and O–H groups in total. The van der Waals surface area contributed by atoms with Crippen LogP contribution in [0.2, 0.25) is 0 Å². The van der Waals surface area contributed by atoms with Gasteiger partial charge in [0.25, 0.3) is 5.91 Å². The Bertz CT molecular complexity index is 650. The van der Waals surface area contributed by atoms with Gasteiger partial charge in [-0.15, -0.1) is 0 Å². The third-order valence-electron chi connectivity index (χ3n) is 3.65. The Morgan fingerprint density at radius 3 is 2.65 bits per heavy atom. The fourth-order valence-electron chi connectivity index (χ4n) is 2.62. The van der Waals surface area contributed by atoms with Crippen LogP contribution in [0.25, 0.3) is 0 Å². The Labute approximate surface area is 117 Å². The van der Waals surface area contributed by atoms with Gasteiger partial charge >= 0.3 is 0 Å². The number of carbonyl (C=O) groups excluding carboxylic acids is 1. The van der Waals surface area contributed by atoms with Crippen LogP contribution in [0.5, 0.6) is 5.75 Å². The lowest BCUT2D eigenvalue weighted by molar-refractivity contribution is 0.0985. The molecule has 0 aliphatic carbocycles. The summed E-state index contributed by atoms with van der Waals surface area (Å²) < 4.78 is 0. The van der Waals surface area contributed by atoms with E-state index in [4.69, 9.17) is 5.73 Å². The Morgan fingerprint density at radius 1 is 1.15 bits per heavy atom. The number of phenols is 1. The van der Waals surface area contributed by atoms with E-state index < -0.39 is 0 Å². The van der Waals surface area contributed by atoms with Gasteiger partial charge in [0.2, 0.25) is 0 Å². The molecule has 4 heteroatoms. The number of benzene rings is 2. The van der Waals surface area contributed by atoms with E-state index in [-0.39, 0.29) is 11.7 Å². The Morgan fingerprint density at radius 2 is 1.90 bits per heavy atom. The summed E-state index contributed by atoms with van der Waals surface area (Å²) in [7, 11) is 0. The number of rotatable bonds is 1. The van der Waals surface area contributed by atoms with Crippen molar-refractivity contribution >= 4 is 17.3 Å². The van der Waals surface area contributed by atoms with Crippen LogP contribution in [-0.4, -0.2) is 17.6 Å². The van der Waals surface area contributed by atoms with E-state index in [1.807, 2.05) is 18.2 Å². The Kier molecular flexibility index (Phi) is 3.06. The quantitative estimate of drug-likeness (QED) is 0.781. The number of nitrogen functional groups attached to an aromatic ring is 1. The van der Waals surface area contributed by atoms with Gasteiger partial charge in [-0.05, 0) is 54.8 Å². The minimum Gasteiger partial charge on any atom is -0.508 e. The lowest BCUT2D eigenvalue weighted by Gasteiger charge is -2.30. The van der Waals surface area contributed by atoms with Crippen LogP contribution in [0.1, 0.15) is 22.3 Å². The van der Waals surface area contributed by atoms with Crippen molar-refractivity contribution in [2.75, 3.05) is 17.2 Å². The minimum atomic E-state index is -0.0587. The number of aromatic hydroxyl groups is 1. The second kappa shape index (κ2) is 4.89. The van der Waals surface area contributed by atoms with E-state index in [0.29, 0.717) is 12.1 Å². The molecule has 0 aromatic heterocycles. The van der Waals surface area contributed by atoms with Crippen molar-refractivity contribution in [2.45, 2.75) is 12.8 Å². The first-order valence-electron chi connectivity index (χ1n) is 6.65. The summed E-state index contributed by atoms with van der Waals surface area (Å²) in [5, 5.41) is 9.30. The zero-order valence-corrected chi connectivity index (χ0v) is 11.0. The number of hydrogen-bond donors (Lipinski definition) is 2. The maximum atomic E-state index is 12.6. The number of phenolic OH excluding ortho intramolecular Hbond substituents is 1. The van der Waals surface area contributed by atoms with Crippen molar-refractivity contribution in [3.05, 3.63) is 53.6 Å². The molecule has 20 heavy (non-hydrogen) atoms. The fourth-order valence-corrected chi connectivity index (χ4v) is 2.62. The van der Waals surface area contributed by atoms with Gasteiger partial charge in [0.05, 0.1) is 0 Å². The van der Waals surface area contributed by atoms with E-state index in [0.717, 1.165) is 29.8 Å². The van der Waals surface area contributed by atoms with Crippen molar-refractivity contribution < 1.29 is 9.90 Å². The molecule has 0 radical (unpaired) electrons. The monoisotopic (exact) mass is 268 g/mol. The van der Waals surface area contributed by atoms with Gasteiger partial charge in [-0.1, -0.05) is 6.07 Å². The van der Waals surface area contributed by atoms with Crippen LogP contribution >= 0.6 is 0 Å². The van der Waals surface area contributed by atoms with E-state index >= 15 is 0 Å². The molecule has 1 aliphatic heterocycles. The first kappa shape index (κ1) is 12.5. The third kappa shape index (κ3) is 2.09. The molecule has 0 fully saturated rings. The summed E-state index contributed by atoms with van der Waals surface area (Å²) in [5.74, 6) is 0.0985. The molecular formula is C16H16N2O2. The number of fused-ring (bicyclic) bond motifs is 1. The van der Waals surface area contributed by atoms with Crippen molar-refractivity contribution in [3.63, 3.8) is 0 Å². The van der Waals surface area contributed by atoms with Gasteiger partial charge in [-0.2, -0.15) is 0 Å². The molecule has 1 amide bonds. The zero-order chi connectivity index (χ0) is 14.1. The molecule has 1 heterocycles. The molecule has 102 valence electrons. The average Bonchev–Trinajstić information content (AvgIpc) is 2.47. The molecule has 0 spiro atoms. The molecule has 0 saturated carbocycles. The summed E-state index contributed by atoms with van der Waals surface area (Å²) in [5.41, 5.74) is 9.24. The van der Waals surface area contributed by atoms with Crippen LogP contribution in [-0.2, 0) is 6.42 Å². The Hall–Kier alpha value is -2.49. The van der Waals surface area contributed by atoms with Gasteiger partial charge in [0.15, 0.2) is 0 Å². The normalized spacial score (nSPS) is 13.9. The second-order valence-corrected chi connectivity index (χ2v) is 4.95. The molecule has 2 aromatic carbocycles. The summed E-state index contributed by atoms with van der Waals surface area (Å²) in [6, 6.07) is 12.0. The highest BCUT2D eigenvalue weighted by Gasteiger charge is 2.24. The van der Waals surface area contributed by atoms with E-state index in [2.05, 4.69) is 0 Å². The number of carbonyl (C=O) groups is 1. The van der Waals surface area contributed by atoms with Crippen molar-refractivity contribution in [3.8, 4) is 5.75 Å². The summed E-state index contributed by atoms with van der Waals surface area (Å²) in [6.45, 7) is 0.691. The molecule has 0 bridgehead atoms. The number of anilines is 2. The standard InChI is InChI=1S/C16H16N2O2/c17-14-4-1-5-15-13(14)3-2-10-18(15)16(20)11-6-8-12(19)9-7-11/h1,4-9,19H,2-3,10,17H2. The molecule has 2 aromatic rings. The summed E-state index contributed by atoms with van der Waals surface area (Å²) in [6.07, 6.45) is 1.81. The van der Waals surface area contributed by atoms with Crippen LogP contribution in [0, 0.1) is 0 Å². The smallest absolute Gasteiger partial charge is 0.258 e. The van der Waals surface area contributed by atoms with Crippen molar-refractivity contribution in [1.82, 2.24) is 0 Å². The van der Waals surface area contributed by atoms with Crippen molar-refractivity contribution in [1.29, 1.82) is 0 Å². The van der Waals surface area contributed by atoms with E-state index in [1.165, 1.54) is 12.1 Å². The number of nitrogens with zero attached hydrogens (tertiary/aromatic N) is 1. The predicted molar refractivity (Wildman–Crippen MR) is 79.0 cm³/mol. The third-order valence-corrected chi connectivity index (χ3v) is 3.65. The van der Waals surface area contributed by atoms with Crippen LogP contribution < -0.4 is 10.6 Å². The van der Waals surface area contributed by atoms with Gasteiger partial charge in [0.1, 0.15) is 5.75 Å². The average molecular weight is 268 g/mol. The SMILES string of the molecule is Nc1cccc2c1CCCN2C(=O)c1ccc(O)cc1. The van der Waals surface area contributed by atoms with Gasteiger partial charge in [-0.25, -0.2) is 0 Å².